The third kappa shape index (κ3) is 2.96. The van der Waals surface area contributed by atoms with Crippen molar-refractivity contribution in [3.05, 3.63) is 47.0 Å². The Morgan fingerprint density at radius 2 is 1.78 bits per heavy atom. The first-order chi connectivity index (χ1) is 8.56. The number of phenolic OH excluding ortho intramolecular Hbond substituents is 1. The van der Waals surface area contributed by atoms with Crippen LogP contribution in [0.15, 0.2) is 41.4 Å². The van der Waals surface area contributed by atoms with E-state index in [2.05, 4.69) is 4.99 Å². The number of hydrogen-bond acceptors (Lipinski definition) is 2. The first kappa shape index (κ1) is 12.8. The molecular formula is C13H8B2ClNO. The van der Waals surface area contributed by atoms with Gasteiger partial charge in [0.2, 0.25) is 0 Å². The normalized spacial score (nSPS) is 10.9. The van der Waals surface area contributed by atoms with E-state index in [1.807, 2.05) is 0 Å². The first-order valence-electron chi connectivity index (χ1n) is 5.24. The van der Waals surface area contributed by atoms with Gasteiger partial charge in [-0.3, -0.25) is 4.99 Å². The monoisotopic (exact) mass is 251 g/mol. The molecule has 2 nitrogen and oxygen atoms in total. The summed E-state index contributed by atoms with van der Waals surface area (Å²) >= 11 is 5.77. The zero-order chi connectivity index (χ0) is 13.1. The fourth-order valence-corrected chi connectivity index (χ4v) is 1.60. The molecule has 0 aliphatic heterocycles. The van der Waals surface area contributed by atoms with Gasteiger partial charge in [-0.25, -0.2) is 0 Å². The maximum absolute atomic E-state index is 9.75. The van der Waals surface area contributed by atoms with Gasteiger partial charge < -0.3 is 5.11 Å². The highest BCUT2D eigenvalue weighted by Gasteiger charge is 2.02. The number of rotatable bonds is 2. The smallest absolute Gasteiger partial charge is 0.118 e. The molecule has 5 heteroatoms. The van der Waals surface area contributed by atoms with Crippen LogP contribution in [0, 0.1) is 0 Å². The van der Waals surface area contributed by atoms with Crippen molar-refractivity contribution in [2.24, 2.45) is 4.99 Å². The van der Waals surface area contributed by atoms with E-state index in [-0.39, 0.29) is 11.2 Å². The molecule has 0 heterocycles. The van der Waals surface area contributed by atoms with Crippen LogP contribution in [0.3, 0.4) is 0 Å². The lowest BCUT2D eigenvalue weighted by molar-refractivity contribution is 0.479. The Hall–Kier alpha value is -1.67. The van der Waals surface area contributed by atoms with Crippen molar-refractivity contribution in [3.63, 3.8) is 0 Å². The Labute approximate surface area is 113 Å². The molecule has 0 spiro atoms. The summed E-state index contributed by atoms with van der Waals surface area (Å²) in [6, 6.07) is 10.1. The molecule has 2 rings (SSSR count). The van der Waals surface area contributed by atoms with Crippen molar-refractivity contribution in [2.45, 2.75) is 0 Å². The van der Waals surface area contributed by atoms with Gasteiger partial charge in [0.05, 0.1) is 5.69 Å². The molecule has 18 heavy (non-hydrogen) atoms. The third-order valence-corrected chi connectivity index (χ3v) is 2.62. The van der Waals surface area contributed by atoms with Crippen LogP contribution in [-0.4, -0.2) is 27.0 Å². The van der Waals surface area contributed by atoms with Crippen LogP contribution < -0.4 is 10.9 Å². The molecule has 0 fully saturated rings. The molecule has 1 N–H and O–H groups in total. The van der Waals surface area contributed by atoms with Crippen LogP contribution in [0.25, 0.3) is 0 Å². The lowest BCUT2D eigenvalue weighted by Crippen LogP contribution is -2.15. The fraction of sp³-hybridized carbons (Fsp3) is 0. The summed E-state index contributed by atoms with van der Waals surface area (Å²) in [6.45, 7) is 0. The molecule has 2 aromatic rings. The van der Waals surface area contributed by atoms with E-state index in [1.54, 1.807) is 30.3 Å². The van der Waals surface area contributed by atoms with Crippen molar-refractivity contribution in [1.82, 2.24) is 0 Å². The van der Waals surface area contributed by atoms with Crippen molar-refractivity contribution >= 4 is 50.1 Å². The lowest BCUT2D eigenvalue weighted by atomic mass is 9.85. The van der Waals surface area contributed by atoms with E-state index in [4.69, 9.17) is 27.3 Å². The van der Waals surface area contributed by atoms with E-state index in [0.29, 0.717) is 16.0 Å². The molecule has 0 aromatic heterocycles. The van der Waals surface area contributed by atoms with E-state index >= 15 is 0 Å². The van der Waals surface area contributed by atoms with Crippen LogP contribution in [0.4, 0.5) is 5.69 Å². The molecule has 0 aliphatic carbocycles. The van der Waals surface area contributed by atoms with Gasteiger partial charge in [0, 0.05) is 16.8 Å². The number of halogens is 1. The maximum Gasteiger partial charge on any atom is 0.118 e. The standard InChI is InChI=1S/C13H8B2ClNO/c14-9-5-8(13(18)12(15)6-9)7-17-11-3-1-10(16)2-4-11/h1-7,18H. The molecule has 0 saturated carbocycles. The molecule has 0 unspecified atom stereocenters. The van der Waals surface area contributed by atoms with Gasteiger partial charge >= 0.3 is 0 Å². The van der Waals surface area contributed by atoms with Crippen LogP contribution in [-0.2, 0) is 0 Å². The third-order valence-electron chi connectivity index (χ3n) is 2.37. The zero-order valence-corrected chi connectivity index (χ0v) is 10.2. The molecule has 0 amide bonds. The highest BCUT2D eigenvalue weighted by atomic mass is 35.5. The molecule has 2 aromatic carbocycles. The number of nitrogens with zero attached hydrogens (tertiary/aromatic N) is 1. The Morgan fingerprint density at radius 3 is 2.44 bits per heavy atom. The van der Waals surface area contributed by atoms with Gasteiger partial charge in [-0.1, -0.05) is 34.7 Å². The van der Waals surface area contributed by atoms with Gasteiger partial charge in [0.1, 0.15) is 21.4 Å². The predicted molar refractivity (Wildman–Crippen MR) is 77.6 cm³/mol. The molecule has 0 bridgehead atoms. The fourth-order valence-electron chi connectivity index (χ4n) is 1.47. The molecule has 0 atom stereocenters. The second kappa shape index (κ2) is 5.32. The van der Waals surface area contributed by atoms with Gasteiger partial charge in [-0.2, -0.15) is 0 Å². The molecule has 0 saturated heterocycles. The topological polar surface area (TPSA) is 32.6 Å². The average molecular weight is 251 g/mol. The number of aromatic hydroxyl groups is 1. The van der Waals surface area contributed by atoms with Gasteiger partial charge in [-0.05, 0) is 24.3 Å². The van der Waals surface area contributed by atoms with Gasteiger partial charge in [0.15, 0.2) is 0 Å². The first-order valence-corrected chi connectivity index (χ1v) is 5.61. The summed E-state index contributed by atoms with van der Waals surface area (Å²) in [6.07, 6.45) is 1.51. The predicted octanol–water partition coefficient (Wildman–Crippen LogP) is 1.38. The Kier molecular flexibility index (Phi) is 3.78. The minimum atomic E-state index is -0.0260. The van der Waals surface area contributed by atoms with Crippen LogP contribution in [0.1, 0.15) is 5.56 Å². The number of phenols is 1. The SMILES string of the molecule is [B]c1cc([B])c(O)c(C=Nc2ccc(Cl)cc2)c1. The Bertz CT molecular complexity index is 597. The number of hydrogen-bond donors (Lipinski definition) is 1. The Morgan fingerprint density at radius 1 is 1.11 bits per heavy atom. The second-order valence-corrected chi connectivity index (χ2v) is 4.22. The van der Waals surface area contributed by atoms with Crippen molar-refractivity contribution in [3.8, 4) is 5.75 Å². The van der Waals surface area contributed by atoms with E-state index in [1.165, 1.54) is 12.3 Å². The zero-order valence-electron chi connectivity index (χ0n) is 9.47. The van der Waals surface area contributed by atoms with Gasteiger partial charge in [-0.15, -0.1) is 0 Å². The molecular weight excluding hydrogens is 243 g/mol. The van der Waals surface area contributed by atoms with Crippen molar-refractivity contribution in [1.29, 1.82) is 0 Å². The van der Waals surface area contributed by atoms with Crippen molar-refractivity contribution in [2.75, 3.05) is 0 Å². The Balaban J connectivity index is 2.31. The highest BCUT2D eigenvalue weighted by molar-refractivity contribution is 6.39. The molecule has 4 radical (unpaired) electrons. The van der Waals surface area contributed by atoms with Crippen LogP contribution in [0.5, 0.6) is 5.75 Å². The molecule has 84 valence electrons. The lowest BCUT2D eigenvalue weighted by Gasteiger charge is -2.05. The van der Waals surface area contributed by atoms with Gasteiger partial charge in [0.25, 0.3) is 0 Å². The summed E-state index contributed by atoms with van der Waals surface area (Å²) in [4.78, 5) is 4.21. The van der Waals surface area contributed by atoms with E-state index in [0.717, 1.165) is 5.69 Å². The minimum Gasteiger partial charge on any atom is -0.508 e. The molecule has 0 aliphatic rings. The van der Waals surface area contributed by atoms with E-state index < -0.39 is 0 Å². The minimum absolute atomic E-state index is 0.0260. The quantitative estimate of drug-likeness (QED) is 0.635. The largest absolute Gasteiger partial charge is 0.508 e. The summed E-state index contributed by atoms with van der Waals surface area (Å²) in [5.41, 5.74) is 1.90. The summed E-state index contributed by atoms with van der Waals surface area (Å²) in [5, 5.41) is 10.4. The number of benzene rings is 2. The summed E-state index contributed by atoms with van der Waals surface area (Å²) in [5.74, 6) is -0.0260. The summed E-state index contributed by atoms with van der Waals surface area (Å²) < 4.78 is 0. The second-order valence-electron chi connectivity index (χ2n) is 3.78. The average Bonchev–Trinajstić information content (AvgIpc) is 2.34. The van der Waals surface area contributed by atoms with Crippen molar-refractivity contribution < 1.29 is 5.11 Å². The van der Waals surface area contributed by atoms with Crippen LogP contribution in [0.2, 0.25) is 5.02 Å². The highest BCUT2D eigenvalue weighted by Crippen LogP contribution is 2.17. The van der Waals surface area contributed by atoms with E-state index in [9.17, 15) is 5.11 Å². The van der Waals surface area contributed by atoms with Crippen LogP contribution >= 0.6 is 11.6 Å². The number of aliphatic imine (C=N–C) groups is 1. The maximum atomic E-state index is 9.75. The summed E-state index contributed by atoms with van der Waals surface area (Å²) in [7, 11) is 11.2.